The van der Waals surface area contributed by atoms with E-state index in [2.05, 4.69) is 17.1 Å². The van der Waals surface area contributed by atoms with Crippen molar-refractivity contribution in [1.82, 2.24) is 9.21 Å². The van der Waals surface area contributed by atoms with Gasteiger partial charge in [0.05, 0.1) is 5.75 Å². The van der Waals surface area contributed by atoms with E-state index in [4.69, 9.17) is 0 Å². The molecule has 0 bridgehead atoms. The van der Waals surface area contributed by atoms with Crippen molar-refractivity contribution in [2.24, 2.45) is 5.92 Å². The molecule has 1 heterocycles. The fraction of sp³-hybridized carbons (Fsp3) is 0.556. The summed E-state index contributed by atoms with van der Waals surface area (Å²) in [6, 6.07) is 9.45. The predicted octanol–water partition coefficient (Wildman–Crippen LogP) is 2.49. The molecular weight excluding hydrogens is 308 g/mol. The Morgan fingerprint density at radius 1 is 1.00 bits per heavy atom. The quantitative estimate of drug-likeness (QED) is 0.777. The molecular formula is C18H26N2O2S. The molecule has 1 fully saturated rings. The molecule has 0 saturated carbocycles. The zero-order chi connectivity index (χ0) is 16.1. The molecule has 1 aliphatic heterocycles. The summed E-state index contributed by atoms with van der Waals surface area (Å²) in [4.78, 5) is 2.43. The Kier molecular flexibility index (Phi) is 5.51. The standard InChI is InChI=1S/C18H26N2O2S/c21-23(22,16-18-9-5-2-6-10-18)20-13-11-19(12-14-20)15-17-7-3-1-4-8-17/h1-3,5-6,9-10,17H,4,7-8,11-16H2. The molecule has 1 aliphatic carbocycles. The van der Waals surface area contributed by atoms with Crippen LogP contribution < -0.4 is 0 Å². The SMILES string of the molecule is O=S(=O)(Cc1ccccc1)N1CCN(CC2CC=CCC2)CC1. The zero-order valence-electron chi connectivity index (χ0n) is 13.6. The molecule has 0 spiro atoms. The van der Waals surface area contributed by atoms with Crippen LogP contribution in [0.5, 0.6) is 0 Å². The summed E-state index contributed by atoms with van der Waals surface area (Å²) < 4.78 is 26.8. The average Bonchev–Trinajstić information content (AvgIpc) is 2.57. The summed E-state index contributed by atoms with van der Waals surface area (Å²) in [6.07, 6.45) is 8.19. The van der Waals surface area contributed by atoms with Gasteiger partial charge in [0.2, 0.25) is 10.0 Å². The molecule has 1 unspecified atom stereocenters. The van der Waals surface area contributed by atoms with Gasteiger partial charge in [-0.15, -0.1) is 0 Å². The van der Waals surface area contributed by atoms with E-state index in [1.54, 1.807) is 4.31 Å². The van der Waals surface area contributed by atoms with E-state index in [0.717, 1.165) is 31.1 Å². The van der Waals surface area contributed by atoms with Crippen molar-refractivity contribution in [3.63, 3.8) is 0 Å². The molecule has 126 valence electrons. The van der Waals surface area contributed by atoms with E-state index >= 15 is 0 Å². The molecule has 4 nitrogen and oxygen atoms in total. The summed E-state index contributed by atoms with van der Waals surface area (Å²) in [7, 11) is -3.20. The number of nitrogens with zero attached hydrogens (tertiary/aromatic N) is 2. The largest absolute Gasteiger partial charge is 0.300 e. The van der Waals surface area contributed by atoms with Crippen LogP contribution in [0.4, 0.5) is 0 Å². The van der Waals surface area contributed by atoms with E-state index < -0.39 is 10.0 Å². The van der Waals surface area contributed by atoms with Gasteiger partial charge in [0.25, 0.3) is 0 Å². The fourth-order valence-corrected chi connectivity index (χ4v) is 4.97. The van der Waals surface area contributed by atoms with Gasteiger partial charge in [-0.25, -0.2) is 8.42 Å². The number of allylic oxidation sites excluding steroid dienone is 2. The van der Waals surface area contributed by atoms with Crippen molar-refractivity contribution < 1.29 is 8.42 Å². The van der Waals surface area contributed by atoms with Crippen LogP contribution in [0.1, 0.15) is 24.8 Å². The third-order valence-electron chi connectivity index (χ3n) is 4.81. The zero-order valence-corrected chi connectivity index (χ0v) is 14.4. The van der Waals surface area contributed by atoms with Crippen molar-refractivity contribution in [3.05, 3.63) is 48.0 Å². The lowest BCUT2D eigenvalue weighted by Gasteiger charge is -2.36. The highest BCUT2D eigenvalue weighted by molar-refractivity contribution is 7.88. The summed E-state index contributed by atoms with van der Waals surface area (Å²) in [5.41, 5.74) is 0.865. The predicted molar refractivity (Wildman–Crippen MR) is 93.6 cm³/mol. The smallest absolute Gasteiger partial charge is 0.218 e. The molecule has 23 heavy (non-hydrogen) atoms. The Hall–Kier alpha value is -1.17. The monoisotopic (exact) mass is 334 g/mol. The maximum atomic E-state index is 12.5. The maximum Gasteiger partial charge on any atom is 0.218 e. The van der Waals surface area contributed by atoms with Crippen molar-refractivity contribution in [2.45, 2.75) is 25.0 Å². The summed E-state index contributed by atoms with van der Waals surface area (Å²) in [5.74, 6) is 0.855. The van der Waals surface area contributed by atoms with Gasteiger partial charge in [-0.05, 0) is 30.7 Å². The Labute approximate surface area is 139 Å². The van der Waals surface area contributed by atoms with Gasteiger partial charge < -0.3 is 4.90 Å². The number of rotatable bonds is 5. The molecule has 1 aromatic rings. The highest BCUT2D eigenvalue weighted by atomic mass is 32.2. The molecule has 1 aromatic carbocycles. The van der Waals surface area contributed by atoms with Crippen molar-refractivity contribution in [3.8, 4) is 0 Å². The lowest BCUT2D eigenvalue weighted by atomic mass is 9.94. The fourth-order valence-electron chi connectivity index (χ4n) is 3.45. The Morgan fingerprint density at radius 2 is 1.74 bits per heavy atom. The highest BCUT2D eigenvalue weighted by Gasteiger charge is 2.27. The molecule has 2 aliphatic rings. The number of benzene rings is 1. The second-order valence-corrected chi connectivity index (χ2v) is 8.56. The van der Waals surface area contributed by atoms with Crippen LogP contribution in [0.15, 0.2) is 42.5 Å². The van der Waals surface area contributed by atoms with E-state index in [9.17, 15) is 8.42 Å². The molecule has 0 aromatic heterocycles. The van der Waals surface area contributed by atoms with Gasteiger partial charge in [-0.3, -0.25) is 0 Å². The summed E-state index contributed by atoms with van der Waals surface area (Å²) in [6.45, 7) is 4.06. The Bertz CT molecular complexity index is 620. The Balaban J connectivity index is 1.50. The molecule has 1 saturated heterocycles. The number of hydrogen-bond donors (Lipinski definition) is 0. The van der Waals surface area contributed by atoms with Gasteiger partial charge in [0.1, 0.15) is 0 Å². The van der Waals surface area contributed by atoms with Gasteiger partial charge in [-0.2, -0.15) is 4.31 Å². The van der Waals surface area contributed by atoms with Crippen LogP contribution in [-0.2, 0) is 15.8 Å². The second kappa shape index (κ2) is 7.60. The highest BCUT2D eigenvalue weighted by Crippen LogP contribution is 2.21. The first-order chi connectivity index (χ1) is 11.1. The number of piperazine rings is 1. The van der Waals surface area contributed by atoms with Gasteiger partial charge in [-0.1, -0.05) is 42.5 Å². The molecule has 1 atom stereocenters. The minimum Gasteiger partial charge on any atom is -0.300 e. The normalized spacial score (nSPS) is 23.9. The van der Waals surface area contributed by atoms with Crippen molar-refractivity contribution >= 4 is 10.0 Å². The minimum absolute atomic E-state index is 0.112. The van der Waals surface area contributed by atoms with E-state index in [1.807, 2.05) is 30.3 Å². The molecule has 0 amide bonds. The Morgan fingerprint density at radius 3 is 2.39 bits per heavy atom. The number of hydrogen-bond acceptors (Lipinski definition) is 3. The molecule has 5 heteroatoms. The average molecular weight is 334 g/mol. The van der Waals surface area contributed by atoms with Crippen LogP contribution in [0, 0.1) is 5.92 Å². The minimum atomic E-state index is -3.20. The molecule has 0 N–H and O–H groups in total. The third kappa shape index (κ3) is 4.66. The molecule has 0 radical (unpaired) electrons. The maximum absolute atomic E-state index is 12.5. The van der Waals surface area contributed by atoms with Crippen molar-refractivity contribution in [1.29, 1.82) is 0 Å². The van der Waals surface area contributed by atoms with Crippen LogP contribution in [0.3, 0.4) is 0 Å². The lowest BCUT2D eigenvalue weighted by molar-refractivity contribution is 0.160. The van der Waals surface area contributed by atoms with Gasteiger partial charge in [0, 0.05) is 32.7 Å². The third-order valence-corrected chi connectivity index (χ3v) is 6.66. The van der Waals surface area contributed by atoms with Crippen LogP contribution >= 0.6 is 0 Å². The first-order valence-corrected chi connectivity index (χ1v) is 10.1. The first-order valence-electron chi connectivity index (χ1n) is 8.52. The van der Waals surface area contributed by atoms with Crippen LogP contribution in [-0.4, -0.2) is 50.3 Å². The number of sulfonamides is 1. The van der Waals surface area contributed by atoms with Crippen LogP contribution in [0.2, 0.25) is 0 Å². The van der Waals surface area contributed by atoms with Crippen LogP contribution in [0.25, 0.3) is 0 Å². The summed E-state index contributed by atoms with van der Waals surface area (Å²) in [5, 5.41) is 0. The van der Waals surface area contributed by atoms with E-state index in [0.29, 0.717) is 13.1 Å². The molecule has 3 rings (SSSR count). The van der Waals surface area contributed by atoms with Gasteiger partial charge in [0.15, 0.2) is 0 Å². The topological polar surface area (TPSA) is 40.6 Å². The summed E-state index contributed by atoms with van der Waals surface area (Å²) >= 11 is 0. The first kappa shape index (κ1) is 16.7. The van der Waals surface area contributed by atoms with E-state index in [1.165, 1.54) is 19.3 Å². The lowest BCUT2D eigenvalue weighted by Crippen LogP contribution is -2.50. The van der Waals surface area contributed by atoms with E-state index in [-0.39, 0.29) is 5.75 Å². The second-order valence-electron chi connectivity index (χ2n) is 6.59. The van der Waals surface area contributed by atoms with Crippen molar-refractivity contribution in [2.75, 3.05) is 32.7 Å². The van der Waals surface area contributed by atoms with Gasteiger partial charge >= 0.3 is 0 Å².